The third-order valence-electron chi connectivity index (χ3n) is 7.07. The van der Waals surface area contributed by atoms with Crippen molar-refractivity contribution in [2.45, 2.75) is 51.2 Å². The molecule has 0 aliphatic carbocycles. The fraction of sp³-hybridized carbons (Fsp3) is 0.440. The van der Waals surface area contributed by atoms with Crippen molar-refractivity contribution in [1.82, 2.24) is 24.6 Å². The molecule has 10 heteroatoms. The summed E-state index contributed by atoms with van der Waals surface area (Å²) >= 11 is 0. The number of nitrogens with one attached hydrogen (secondary N) is 1. The number of hydrogen-bond acceptors (Lipinski definition) is 6. The third-order valence-corrected chi connectivity index (χ3v) is 7.07. The van der Waals surface area contributed by atoms with Crippen molar-refractivity contribution in [3.63, 3.8) is 0 Å². The lowest BCUT2D eigenvalue weighted by atomic mass is 9.86. The summed E-state index contributed by atoms with van der Waals surface area (Å²) in [6, 6.07) is 5.17. The van der Waals surface area contributed by atoms with Gasteiger partial charge >= 0.3 is 6.61 Å². The Morgan fingerprint density at radius 3 is 2.77 bits per heavy atom. The summed E-state index contributed by atoms with van der Waals surface area (Å²) in [4.78, 5) is 23.9. The van der Waals surface area contributed by atoms with Crippen molar-refractivity contribution in [3.8, 4) is 17.0 Å². The zero-order valence-electron chi connectivity index (χ0n) is 20.0. The van der Waals surface area contributed by atoms with E-state index in [1.807, 2.05) is 38.2 Å². The molecular formula is C25H28F2N6O2. The van der Waals surface area contributed by atoms with Gasteiger partial charge in [-0.2, -0.15) is 13.9 Å². The Kier molecular flexibility index (Phi) is 5.90. The summed E-state index contributed by atoms with van der Waals surface area (Å²) < 4.78 is 30.8. The van der Waals surface area contributed by atoms with E-state index < -0.39 is 12.5 Å². The van der Waals surface area contributed by atoms with Gasteiger partial charge in [-0.05, 0) is 50.3 Å². The number of aryl methyl sites for hydroxylation is 3. The quantitative estimate of drug-likeness (QED) is 0.594. The number of anilines is 1. The van der Waals surface area contributed by atoms with Gasteiger partial charge in [0.1, 0.15) is 5.82 Å². The van der Waals surface area contributed by atoms with E-state index >= 15 is 0 Å². The topological polar surface area (TPSA) is 85.2 Å². The second-order valence-corrected chi connectivity index (χ2v) is 9.48. The highest BCUT2D eigenvalue weighted by Crippen LogP contribution is 2.39. The molecule has 2 aliphatic heterocycles. The Labute approximate surface area is 202 Å². The van der Waals surface area contributed by atoms with Crippen LogP contribution in [-0.4, -0.2) is 55.8 Å². The van der Waals surface area contributed by atoms with Crippen LogP contribution in [0, 0.1) is 6.92 Å². The molecule has 1 N–H and O–H groups in total. The van der Waals surface area contributed by atoms with Gasteiger partial charge in [-0.15, -0.1) is 0 Å². The van der Waals surface area contributed by atoms with Crippen molar-refractivity contribution in [3.05, 3.63) is 53.6 Å². The van der Waals surface area contributed by atoms with Crippen LogP contribution in [0.25, 0.3) is 11.1 Å². The van der Waals surface area contributed by atoms with E-state index in [-0.39, 0.29) is 17.3 Å². The number of halogens is 2. The van der Waals surface area contributed by atoms with Crippen LogP contribution in [0.2, 0.25) is 0 Å². The highest BCUT2D eigenvalue weighted by Gasteiger charge is 2.43. The van der Waals surface area contributed by atoms with E-state index in [0.717, 1.165) is 41.9 Å². The Bertz CT molecular complexity index is 1250. The minimum atomic E-state index is -2.93. The summed E-state index contributed by atoms with van der Waals surface area (Å²) in [5.74, 6) is 0.289. The van der Waals surface area contributed by atoms with E-state index in [0.29, 0.717) is 18.7 Å². The van der Waals surface area contributed by atoms with Crippen LogP contribution < -0.4 is 10.1 Å². The molecule has 1 unspecified atom stereocenters. The monoisotopic (exact) mass is 482 g/mol. The fourth-order valence-corrected chi connectivity index (χ4v) is 5.08. The zero-order valence-corrected chi connectivity index (χ0v) is 20.0. The summed E-state index contributed by atoms with van der Waals surface area (Å²) in [6.07, 6.45) is 7.91. The number of alkyl halides is 2. The summed E-state index contributed by atoms with van der Waals surface area (Å²) in [7, 11) is 1.90. The van der Waals surface area contributed by atoms with Crippen molar-refractivity contribution in [1.29, 1.82) is 0 Å². The summed E-state index contributed by atoms with van der Waals surface area (Å²) in [5.41, 5.74) is 4.72. The number of likely N-dealkylation sites (tertiary alicyclic amines) is 1. The van der Waals surface area contributed by atoms with Gasteiger partial charge in [-0.3, -0.25) is 9.48 Å². The van der Waals surface area contributed by atoms with Crippen molar-refractivity contribution >= 4 is 11.7 Å². The van der Waals surface area contributed by atoms with E-state index in [4.69, 9.17) is 4.98 Å². The molecule has 35 heavy (non-hydrogen) atoms. The molecule has 5 rings (SSSR count). The van der Waals surface area contributed by atoms with Gasteiger partial charge in [0, 0.05) is 55.4 Å². The molecule has 1 fully saturated rings. The molecule has 8 nitrogen and oxygen atoms in total. The van der Waals surface area contributed by atoms with E-state index in [9.17, 15) is 13.6 Å². The lowest BCUT2D eigenvalue weighted by Crippen LogP contribution is -2.46. The molecule has 2 aliphatic rings. The molecule has 3 aromatic heterocycles. The Balaban J connectivity index is 1.28. The molecule has 2 atom stereocenters. The molecule has 184 valence electrons. The number of nitrogens with zero attached hydrogens (tertiary/aromatic N) is 5. The maximum Gasteiger partial charge on any atom is 0.388 e. The standard InChI is InChI=1S/C25H28F2N6O2/c1-15(18-4-5-21(28-11-18)35-24(26)27)23(34)33-9-8-25(14-33)7-6-17-10-20(16(2)30-22(17)31-25)19-12-29-32(3)13-19/h4-5,10-13,15,24H,6-9,14H2,1-3H3,(H,30,31)/t15?,25-/m0/s1. The minimum absolute atomic E-state index is 0.00475. The molecule has 3 aromatic rings. The normalized spacial score (nSPS) is 20.1. The van der Waals surface area contributed by atoms with Crippen molar-refractivity contribution in [2.24, 2.45) is 7.05 Å². The van der Waals surface area contributed by atoms with Crippen LogP contribution in [0.5, 0.6) is 5.88 Å². The first-order valence-electron chi connectivity index (χ1n) is 11.7. The molecule has 0 aromatic carbocycles. The van der Waals surface area contributed by atoms with E-state index in [1.54, 1.807) is 10.7 Å². The number of carbonyl (C=O) groups excluding carboxylic acids is 1. The van der Waals surface area contributed by atoms with Crippen LogP contribution in [0.15, 0.2) is 36.8 Å². The molecule has 0 bridgehead atoms. The SMILES string of the molecule is Cc1nc2c(cc1-c1cnn(C)c1)CC[C@@]1(CCN(C(=O)C(C)c3ccc(OC(F)F)nc3)C1)N2. The number of hydrogen-bond donors (Lipinski definition) is 1. The highest BCUT2D eigenvalue weighted by molar-refractivity contribution is 5.84. The Morgan fingerprint density at radius 1 is 1.26 bits per heavy atom. The number of pyridine rings is 2. The molecule has 0 radical (unpaired) electrons. The van der Waals surface area contributed by atoms with Crippen LogP contribution in [0.1, 0.15) is 42.5 Å². The average molecular weight is 483 g/mol. The van der Waals surface area contributed by atoms with Crippen molar-refractivity contribution < 1.29 is 18.3 Å². The molecule has 1 saturated heterocycles. The lowest BCUT2D eigenvalue weighted by molar-refractivity contribution is -0.131. The van der Waals surface area contributed by atoms with Gasteiger partial charge in [0.15, 0.2) is 0 Å². The maximum absolute atomic E-state index is 13.2. The van der Waals surface area contributed by atoms with Crippen LogP contribution in [0.3, 0.4) is 0 Å². The Hall–Kier alpha value is -3.56. The molecule has 0 saturated carbocycles. The number of carbonyl (C=O) groups is 1. The number of amides is 1. The summed E-state index contributed by atoms with van der Waals surface area (Å²) in [5, 5.41) is 7.94. The highest BCUT2D eigenvalue weighted by atomic mass is 19.3. The van der Waals surface area contributed by atoms with Crippen molar-refractivity contribution in [2.75, 3.05) is 18.4 Å². The van der Waals surface area contributed by atoms with Crippen LogP contribution in [0.4, 0.5) is 14.6 Å². The Morgan fingerprint density at radius 2 is 2.09 bits per heavy atom. The second-order valence-electron chi connectivity index (χ2n) is 9.48. The average Bonchev–Trinajstić information content (AvgIpc) is 3.44. The van der Waals surface area contributed by atoms with Gasteiger partial charge in [0.05, 0.1) is 17.7 Å². The number of ether oxygens (including phenoxy) is 1. The fourth-order valence-electron chi connectivity index (χ4n) is 5.08. The van der Waals surface area contributed by atoms with Crippen LogP contribution >= 0.6 is 0 Å². The lowest BCUT2D eigenvalue weighted by Gasteiger charge is -2.36. The van der Waals surface area contributed by atoms with Gasteiger partial charge in [0.25, 0.3) is 0 Å². The number of aromatic nitrogens is 4. The molecule has 1 spiro atoms. The molecule has 1 amide bonds. The van der Waals surface area contributed by atoms with Gasteiger partial charge in [-0.1, -0.05) is 6.07 Å². The first-order chi connectivity index (χ1) is 16.7. The second kappa shape index (κ2) is 8.90. The predicted molar refractivity (Wildman–Crippen MR) is 126 cm³/mol. The first-order valence-corrected chi connectivity index (χ1v) is 11.7. The number of rotatable bonds is 5. The minimum Gasteiger partial charge on any atom is -0.417 e. The molecule has 5 heterocycles. The van der Waals surface area contributed by atoms with Gasteiger partial charge < -0.3 is 15.0 Å². The first kappa shape index (κ1) is 23.2. The van der Waals surface area contributed by atoms with Gasteiger partial charge in [-0.25, -0.2) is 9.97 Å². The zero-order chi connectivity index (χ0) is 24.7. The molecular weight excluding hydrogens is 454 g/mol. The summed E-state index contributed by atoms with van der Waals surface area (Å²) in [6.45, 7) is 2.14. The van der Waals surface area contributed by atoms with Crippen LogP contribution in [-0.2, 0) is 18.3 Å². The third kappa shape index (κ3) is 4.56. The van der Waals surface area contributed by atoms with E-state index in [1.165, 1.54) is 17.8 Å². The maximum atomic E-state index is 13.2. The van der Waals surface area contributed by atoms with E-state index in [2.05, 4.69) is 26.2 Å². The largest absolute Gasteiger partial charge is 0.417 e. The predicted octanol–water partition coefficient (Wildman–Crippen LogP) is 3.92. The van der Waals surface area contributed by atoms with Gasteiger partial charge in [0.2, 0.25) is 11.8 Å². The smallest absolute Gasteiger partial charge is 0.388 e. The number of fused-ring (bicyclic) bond motifs is 1.